The van der Waals surface area contributed by atoms with E-state index in [0.717, 1.165) is 102 Å². The van der Waals surface area contributed by atoms with Crippen molar-refractivity contribution in [3.63, 3.8) is 0 Å². The molecule has 5 atom stereocenters. The summed E-state index contributed by atoms with van der Waals surface area (Å²) in [5.41, 5.74) is 1.63. The summed E-state index contributed by atoms with van der Waals surface area (Å²) in [4.78, 5) is 52.0. The highest BCUT2D eigenvalue weighted by Gasteiger charge is 2.20. The number of methoxy groups -OCH3 is 2. The van der Waals surface area contributed by atoms with Crippen molar-refractivity contribution >= 4 is 51.4 Å². The van der Waals surface area contributed by atoms with Crippen molar-refractivity contribution in [2.24, 2.45) is 0 Å². The molecular weight excluding hydrogens is 750 g/mol. The highest BCUT2D eigenvalue weighted by atomic mass is 16.5. The average Bonchev–Trinajstić information content (AvgIpc) is 4.06. The third-order valence-electron chi connectivity index (χ3n) is 10.3. The number of ether oxygens (including phenoxy) is 2. The maximum Gasteiger partial charge on any atom is 0.310 e. The molecule has 4 aromatic rings. The topological polar surface area (TPSA) is 263 Å². The number of carboxylic acid groups (broad SMARTS) is 5. The number of rotatable bonds is 9. The lowest BCUT2D eigenvalue weighted by Crippen LogP contribution is -2.89. The first-order chi connectivity index (χ1) is 27.6. The Hall–Kier alpha value is -5.77. The van der Waals surface area contributed by atoms with E-state index >= 15 is 0 Å². The number of carbonyl (C=O) groups excluding carboxylic acids is 3. The number of hydrogen-bond acceptors (Lipinski definition) is 10. The number of carboxylic acids is 5. The molecule has 0 aromatic heterocycles. The summed E-state index contributed by atoms with van der Waals surface area (Å²) in [5, 5.41) is 57.7. The number of nitrogens with two attached hydrogens (primary N) is 3. The quantitative estimate of drug-likeness (QED) is 0.129. The summed E-state index contributed by atoms with van der Waals surface area (Å²) in [7, 11) is 3.25. The van der Waals surface area contributed by atoms with Gasteiger partial charge in [-0.05, 0) is 70.8 Å². The summed E-state index contributed by atoms with van der Waals surface area (Å²) >= 11 is 0. The van der Waals surface area contributed by atoms with Crippen LogP contribution in [0.4, 0.5) is 0 Å². The molecule has 3 aliphatic rings. The summed E-state index contributed by atoms with van der Waals surface area (Å²) in [6.07, 6.45) is 5.38. The van der Waals surface area contributed by atoms with Crippen molar-refractivity contribution in [2.45, 2.75) is 82.3 Å². The molecule has 3 fully saturated rings. The van der Waals surface area contributed by atoms with E-state index in [1.54, 1.807) is 28.1 Å². The van der Waals surface area contributed by atoms with E-state index in [9.17, 15) is 39.3 Å². The zero-order valence-electron chi connectivity index (χ0n) is 33.4. The van der Waals surface area contributed by atoms with Gasteiger partial charge in [0.2, 0.25) is 0 Å². The Morgan fingerprint density at radius 2 is 0.828 bits per heavy atom. The second-order valence-corrected chi connectivity index (χ2v) is 14.3. The monoisotopic (exact) mass is 805 g/mol. The number of hydrogen-bond donors (Lipinski definition) is 5. The van der Waals surface area contributed by atoms with Crippen molar-refractivity contribution in [1.82, 2.24) is 0 Å². The SMILES string of the molecule is COc1ccc2cc([C@H](C)C(=O)O)ccc2c1.COc1ccc2cc([C@H](C)C(=O)O)ccc2c1.O=C([O-])[C@@H]1CCC[NH2+]1.O=C([O-])[C@@H]1CCC[NH2+]1.O=C([O-])[C@@H]1CCC[NH2+]1. The van der Waals surface area contributed by atoms with Crippen LogP contribution in [0.1, 0.15) is 75.3 Å². The number of fused-ring (bicyclic) bond motifs is 2. The fraction of sp³-hybridized carbons (Fsp3) is 0.419. The average molecular weight is 806 g/mol. The van der Waals surface area contributed by atoms with Crippen LogP contribution in [0.2, 0.25) is 0 Å². The van der Waals surface area contributed by atoms with Crippen LogP contribution < -0.4 is 40.7 Å². The zero-order chi connectivity index (χ0) is 42.8. The number of quaternary nitrogens is 3. The van der Waals surface area contributed by atoms with Crippen LogP contribution in [0.25, 0.3) is 21.5 Å². The predicted octanol–water partition coefficient (Wildman–Crippen LogP) is -1.54. The summed E-state index contributed by atoms with van der Waals surface area (Å²) in [5.74, 6) is -3.72. The Labute approximate surface area is 337 Å². The molecule has 0 saturated carbocycles. The molecule has 4 aromatic carbocycles. The number of aliphatic carboxylic acids is 5. The van der Waals surface area contributed by atoms with Crippen LogP contribution >= 0.6 is 0 Å². The van der Waals surface area contributed by atoms with Gasteiger partial charge in [0.05, 0.1) is 63.6 Å². The predicted molar refractivity (Wildman–Crippen MR) is 208 cm³/mol. The molecule has 15 nitrogen and oxygen atoms in total. The minimum Gasteiger partial charge on any atom is -0.544 e. The molecule has 3 saturated heterocycles. The van der Waals surface area contributed by atoms with Crippen molar-refractivity contribution in [2.75, 3.05) is 33.9 Å². The maximum absolute atomic E-state index is 10.9. The lowest BCUT2D eigenvalue weighted by atomic mass is 9.98. The zero-order valence-corrected chi connectivity index (χ0v) is 33.4. The molecule has 7 rings (SSSR count). The lowest BCUT2D eigenvalue weighted by molar-refractivity contribution is -0.664. The van der Waals surface area contributed by atoms with Crippen LogP contribution in [0.5, 0.6) is 11.5 Å². The van der Waals surface area contributed by atoms with Crippen LogP contribution in [0.15, 0.2) is 72.8 Å². The van der Waals surface area contributed by atoms with Gasteiger partial charge >= 0.3 is 11.9 Å². The lowest BCUT2D eigenvalue weighted by Gasteiger charge is -2.08. The van der Waals surface area contributed by atoms with Crippen LogP contribution in [0, 0.1) is 0 Å². The molecule has 58 heavy (non-hydrogen) atoms. The Balaban J connectivity index is 0.000000204. The van der Waals surface area contributed by atoms with Crippen molar-refractivity contribution < 1.29 is 74.9 Å². The Morgan fingerprint density at radius 1 is 0.534 bits per heavy atom. The fourth-order valence-electron chi connectivity index (χ4n) is 6.53. The molecule has 0 bridgehead atoms. The molecule has 0 amide bonds. The first kappa shape index (κ1) is 46.6. The standard InChI is InChI=1S/2C14H14O3.3C5H9NO2/c2*1-9(14(15)16)10-3-4-12-8-13(17-2)6-5-11(12)7-10;3*7-5(8)4-2-1-3-6-4/h2*3-9H,1-2H3,(H,15,16);3*4,6H,1-3H2,(H,7,8)/t2*9-;3*4-/m00000/s1. The van der Waals surface area contributed by atoms with Gasteiger partial charge < -0.3 is 65.3 Å². The van der Waals surface area contributed by atoms with E-state index in [2.05, 4.69) is 0 Å². The van der Waals surface area contributed by atoms with Gasteiger partial charge in [0.25, 0.3) is 0 Å². The number of benzene rings is 4. The fourth-order valence-corrected chi connectivity index (χ4v) is 6.53. The minimum absolute atomic E-state index is 0.255. The van der Waals surface area contributed by atoms with Gasteiger partial charge in [0.15, 0.2) is 0 Å². The third-order valence-corrected chi connectivity index (χ3v) is 10.3. The summed E-state index contributed by atoms with van der Waals surface area (Å²) in [6.45, 7) is 6.20. The highest BCUT2D eigenvalue weighted by Crippen LogP contribution is 2.26. The van der Waals surface area contributed by atoms with Gasteiger partial charge in [-0.15, -0.1) is 0 Å². The van der Waals surface area contributed by atoms with Gasteiger partial charge in [-0.25, -0.2) is 0 Å². The van der Waals surface area contributed by atoms with E-state index in [-0.39, 0.29) is 18.1 Å². The molecule has 3 heterocycles. The van der Waals surface area contributed by atoms with E-state index in [1.807, 2.05) is 88.7 Å². The molecule has 0 aliphatic carbocycles. The molecule has 0 radical (unpaired) electrons. The Bertz CT molecular complexity index is 1820. The molecule has 0 spiro atoms. The summed E-state index contributed by atoms with van der Waals surface area (Å²) in [6, 6.07) is 22.1. The van der Waals surface area contributed by atoms with Crippen molar-refractivity contribution in [3.05, 3.63) is 83.9 Å². The smallest absolute Gasteiger partial charge is 0.310 e. The van der Waals surface area contributed by atoms with Crippen LogP contribution in [-0.4, -0.2) is 92.0 Å². The molecule has 8 N–H and O–H groups in total. The second-order valence-electron chi connectivity index (χ2n) is 14.3. The second kappa shape index (κ2) is 23.5. The number of carbonyl (C=O) groups is 5. The molecule has 3 aliphatic heterocycles. The molecular formula is C43H55N3O12. The van der Waals surface area contributed by atoms with E-state index in [4.69, 9.17) is 19.7 Å². The first-order valence-corrected chi connectivity index (χ1v) is 19.4. The van der Waals surface area contributed by atoms with E-state index < -0.39 is 41.7 Å². The Morgan fingerprint density at radius 3 is 1.05 bits per heavy atom. The van der Waals surface area contributed by atoms with Crippen LogP contribution in [0.3, 0.4) is 0 Å². The van der Waals surface area contributed by atoms with E-state index in [1.165, 1.54) is 0 Å². The van der Waals surface area contributed by atoms with Crippen LogP contribution in [-0.2, 0) is 24.0 Å². The highest BCUT2D eigenvalue weighted by molar-refractivity contribution is 5.87. The molecule has 0 unspecified atom stereocenters. The van der Waals surface area contributed by atoms with Gasteiger partial charge in [0, 0.05) is 38.5 Å². The van der Waals surface area contributed by atoms with Crippen molar-refractivity contribution in [1.29, 1.82) is 0 Å². The van der Waals surface area contributed by atoms with E-state index in [0.29, 0.717) is 0 Å². The normalized spacial score (nSPS) is 18.9. The summed E-state index contributed by atoms with van der Waals surface area (Å²) < 4.78 is 10.3. The molecule has 15 heteroatoms. The third kappa shape index (κ3) is 14.6. The largest absolute Gasteiger partial charge is 0.544 e. The van der Waals surface area contributed by atoms with Gasteiger partial charge in [-0.1, -0.05) is 48.5 Å². The van der Waals surface area contributed by atoms with Gasteiger partial charge in [0.1, 0.15) is 29.6 Å². The van der Waals surface area contributed by atoms with Gasteiger partial charge in [-0.2, -0.15) is 0 Å². The van der Waals surface area contributed by atoms with Gasteiger partial charge in [-0.3, -0.25) is 9.59 Å². The first-order valence-electron chi connectivity index (χ1n) is 19.4. The Kier molecular flexibility index (Phi) is 18.9. The molecule has 314 valence electrons. The van der Waals surface area contributed by atoms with Crippen molar-refractivity contribution in [3.8, 4) is 11.5 Å². The maximum atomic E-state index is 10.9. The minimum atomic E-state index is -0.914.